The van der Waals surface area contributed by atoms with Crippen molar-refractivity contribution in [2.24, 2.45) is 0 Å². The molecule has 0 bridgehead atoms. The zero-order valence-electron chi connectivity index (χ0n) is 10.3. The summed E-state index contributed by atoms with van der Waals surface area (Å²) in [6.45, 7) is 4.65. The predicted molar refractivity (Wildman–Crippen MR) is 70.0 cm³/mol. The number of para-hydroxylation sites is 1. The third-order valence-corrected chi connectivity index (χ3v) is 2.87. The molecule has 0 spiro atoms. The van der Waals surface area contributed by atoms with Crippen LogP contribution in [0.1, 0.15) is 19.4 Å². The Morgan fingerprint density at radius 3 is 2.94 bits per heavy atom. The fourth-order valence-corrected chi connectivity index (χ4v) is 1.93. The molecule has 1 aliphatic rings. The van der Waals surface area contributed by atoms with Gasteiger partial charge >= 0.3 is 0 Å². The molecule has 1 aliphatic heterocycles. The average Bonchev–Trinajstić information content (AvgIpc) is 2.71. The highest BCUT2D eigenvalue weighted by atomic mass is 16.2. The molecule has 0 radical (unpaired) electrons. The largest absolute Gasteiger partial charge is 0.373 e. The minimum atomic E-state index is -0.127. The van der Waals surface area contributed by atoms with Crippen LogP contribution >= 0.6 is 0 Å². The van der Waals surface area contributed by atoms with Crippen molar-refractivity contribution in [2.75, 3.05) is 11.9 Å². The van der Waals surface area contributed by atoms with Crippen molar-refractivity contribution >= 4 is 11.6 Å². The molecule has 1 heterocycles. The predicted octanol–water partition coefficient (Wildman–Crippen LogP) is 2.11. The van der Waals surface area contributed by atoms with E-state index in [0.29, 0.717) is 6.54 Å². The molecule has 1 atom stereocenters. The number of carbonyl (C=O) groups is 1. The summed E-state index contributed by atoms with van der Waals surface area (Å²) in [5, 5.41) is 6.15. The van der Waals surface area contributed by atoms with E-state index in [-0.39, 0.29) is 11.9 Å². The molecule has 1 amide bonds. The number of rotatable bonds is 3. The quantitative estimate of drug-likeness (QED) is 0.781. The Morgan fingerprint density at radius 1 is 1.47 bits per heavy atom. The summed E-state index contributed by atoms with van der Waals surface area (Å²) >= 11 is 0. The molecule has 1 aromatic carbocycles. The van der Waals surface area contributed by atoms with Gasteiger partial charge in [0.2, 0.25) is 5.91 Å². The second kappa shape index (κ2) is 5.04. The first kappa shape index (κ1) is 11.7. The van der Waals surface area contributed by atoms with Crippen molar-refractivity contribution in [1.82, 2.24) is 5.32 Å². The SMILES string of the molecule is CC(C)=CCNC(=O)C1Cc2ccccc2N1. The van der Waals surface area contributed by atoms with E-state index in [1.54, 1.807) is 0 Å². The molecule has 1 aromatic rings. The highest BCUT2D eigenvalue weighted by Crippen LogP contribution is 2.24. The molecule has 0 saturated heterocycles. The van der Waals surface area contributed by atoms with Crippen LogP contribution in [0.3, 0.4) is 0 Å². The molecule has 2 N–H and O–H groups in total. The number of hydrogen-bond acceptors (Lipinski definition) is 2. The second-order valence-electron chi connectivity index (χ2n) is 4.58. The Kier molecular flexibility index (Phi) is 3.47. The molecule has 3 heteroatoms. The first-order valence-corrected chi connectivity index (χ1v) is 5.92. The van der Waals surface area contributed by atoms with E-state index in [1.165, 1.54) is 11.1 Å². The van der Waals surface area contributed by atoms with Gasteiger partial charge < -0.3 is 10.6 Å². The highest BCUT2D eigenvalue weighted by molar-refractivity contribution is 5.87. The van der Waals surface area contributed by atoms with Gasteiger partial charge in [-0.15, -0.1) is 0 Å². The summed E-state index contributed by atoms with van der Waals surface area (Å²) in [5.41, 5.74) is 3.51. The summed E-state index contributed by atoms with van der Waals surface area (Å²) < 4.78 is 0. The minimum Gasteiger partial charge on any atom is -0.373 e. The van der Waals surface area contributed by atoms with Gasteiger partial charge in [0, 0.05) is 18.7 Å². The van der Waals surface area contributed by atoms with Gasteiger partial charge in [0.05, 0.1) is 0 Å². The topological polar surface area (TPSA) is 41.1 Å². The number of carbonyl (C=O) groups excluding carboxylic acids is 1. The lowest BCUT2D eigenvalue weighted by Gasteiger charge is -2.10. The van der Waals surface area contributed by atoms with Gasteiger partial charge in [-0.25, -0.2) is 0 Å². The molecule has 3 nitrogen and oxygen atoms in total. The third kappa shape index (κ3) is 2.87. The fourth-order valence-electron chi connectivity index (χ4n) is 1.93. The summed E-state index contributed by atoms with van der Waals surface area (Å²) in [5.74, 6) is 0.0682. The van der Waals surface area contributed by atoms with Crippen molar-refractivity contribution in [1.29, 1.82) is 0 Å². The van der Waals surface area contributed by atoms with E-state index in [9.17, 15) is 4.79 Å². The molecule has 0 fully saturated rings. The van der Waals surface area contributed by atoms with Crippen LogP contribution in [0.5, 0.6) is 0 Å². The molecular formula is C14H18N2O. The summed E-state index contributed by atoms with van der Waals surface area (Å²) in [4.78, 5) is 11.9. The van der Waals surface area contributed by atoms with E-state index in [4.69, 9.17) is 0 Å². The maximum Gasteiger partial charge on any atom is 0.243 e. The summed E-state index contributed by atoms with van der Waals surface area (Å²) in [7, 11) is 0. The van der Waals surface area contributed by atoms with E-state index in [0.717, 1.165) is 12.1 Å². The van der Waals surface area contributed by atoms with Crippen molar-refractivity contribution in [2.45, 2.75) is 26.3 Å². The molecule has 0 aliphatic carbocycles. The van der Waals surface area contributed by atoms with E-state index in [1.807, 2.05) is 38.1 Å². The van der Waals surface area contributed by atoms with Gasteiger partial charge in [-0.3, -0.25) is 4.79 Å². The van der Waals surface area contributed by atoms with Crippen LogP contribution < -0.4 is 10.6 Å². The first-order valence-electron chi connectivity index (χ1n) is 5.92. The average molecular weight is 230 g/mol. The Morgan fingerprint density at radius 2 is 2.24 bits per heavy atom. The smallest absolute Gasteiger partial charge is 0.243 e. The van der Waals surface area contributed by atoms with Crippen LogP contribution in [0.15, 0.2) is 35.9 Å². The first-order chi connectivity index (χ1) is 8.16. The van der Waals surface area contributed by atoms with Crippen LogP contribution in [-0.4, -0.2) is 18.5 Å². The zero-order valence-corrected chi connectivity index (χ0v) is 10.3. The van der Waals surface area contributed by atoms with Crippen LogP contribution in [0, 0.1) is 0 Å². The normalized spacial score (nSPS) is 16.9. The number of benzene rings is 1. The Labute approximate surface area is 102 Å². The fraction of sp³-hybridized carbons (Fsp3) is 0.357. The van der Waals surface area contributed by atoms with E-state index in [2.05, 4.69) is 16.7 Å². The Bertz CT molecular complexity index is 422. The number of nitrogens with one attached hydrogen (secondary N) is 2. The van der Waals surface area contributed by atoms with Gasteiger partial charge in [-0.2, -0.15) is 0 Å². The second-order valence-corrected chi connectivity index (χ2v) is 4.58. The van der Waals surface area contributed by atoms with E-state index < -0.39 is 0 Å². The third-order valence-electron chi connectivity index (χ3n) is 2.87. The number of allylic oxidation sites excluding steroid dienone is 1. The van der Waals surface area contributed by atoms with Gasteiger partial charge in [0.15, 0.2) is 0 Å². The van der Waals surface area contributed by atoms with Crippen molar-refractivity contribution in [3.05, 3.63) is 41.5 Å². The minimum absolute atomic E-state index is 0.0682. The van der Waals surface area contributed by atoms with Crippen LogP contribution in [-0.2, 0) is 11.2 Å². The van der Waals surface area contributed by atoms with Crippen LogP contribution in [0.25, 0.3) is 0 Å². The van der Waals surface area contributed by atoms with Gasteiger partial charge in [0.25, 0.3) is 0 Å². The standard InChI is InChI=1S/C14H18N2O/c1-10(2)7-8-15-14(17)13-9-11-5-3-4-6-12(11)16-13/h3-7,13,16H,8-9H2,1-2H3,(H,15,17). The molecule has 1 unspecified atom stereocenters. The zero-order chi connectivity index (χ0) is 12.3. The Hall–Kier alpha value is -1.77. The number of fused-ring (bicyclic) bond motifs is 1. The van der Waals surface area contributed by atoms with Crippen molar-refractivity contribution < 1.29 is 4.79 Å². The van der Waals surface area contributed by atoms with Crippen LogP contribution in [0.4, 0.5) is 5.69 Å². The number of anilines is 1. The lowest BCUT2D eigenvalue weighted by molar-refractivity contribution is -0.121. The number of amides is 1. The summed E-state index contributed by atoms with van der Waals surface area (Å²) in [6.07, 6.45) is 2.79. The Balaban J connectivity index is 1.90. The lowest BCUT2D eigenvalue weighted by Crippen LogP contribution is -2.38. The molecule has 90 valence electrons. The summed E-state index contributed by atoms with van der Waals surface area (Å²) in [6, 6.07) is 7.93. The van der Waals surface area contributed by atoms with Gasteiger partial charge in [0.1, 0.15) is 6.04 Å². The van der Waals surface area contributed by atoms with Crippen molar-refractivity contribution in [3.63, 3.8) is 0 Å². The monoisotopic (exact) mass is 230 g/mol. The van der Waals surface area contributed by atoms with Gasteiger partial charge in [-0.05, 0) is 25.5 Å². The van der Waals surface area contributed by atoms with Gasteiger partial charge in [-0.1, -0.05) is 29.8 Å². The van der Waals surface area contributed by atoms with E-state index >= 15 is 0 Å². The molecule has 2 rings (SSSR count). The lowest BCUT2D eigenvalue weighted by atomic mass is 10.1. The maximum atomic E-state index is 11.9. The molecular weight excluding hydrogens is 212 g/mol. The number of hydrogen-bond donors (Lipinski definition) is 2. The highest BCUT2D eigenvalue weighted by Gasteiger charge is 2.25. The maximum absolute atomic E-state index is 11.9. The van der Waals surface area contributed by atoms with Crippen molar-refractivity contribution in [3.8, 4) is 0 Å². The molecule has 17 heavy (non-hydrogen) atoms. The molecule has 0 saturated carbocycles. The molecule has 0 aromatic heterocycles. The van der Waals surface area contributed by atoms with Crippen LogP contribution in [0.2, 0.25) is 0 Å².